The number of hydrogen-bond donors (Lipinski definition) is 2. The summed E-state index contributed by atoms with van der Waals surface area (Å²) in [6.45, 7) is 4.32. The molecule has 4 heteroatoms. The molecule has 1 rings (SSSR count). The molecule has 0 aliphatic heterocycles. The second kappa shape index (κ2) is 5.81. The van der Waals surface area contributed by atoms with Crippen LogP contribution in [0, 0.1) is 0 Å². The topological polar surface area (TPSA) is 50.9 Å². The van der Waals surface area contributed by atoms with E-state index in [-0.39, 0.29) is 0 Å². The summed E-state index contributed by atoms with van der Waals surface area (Å²) in [4.78, 5) is 4.18. The number of rotatable bonds is 5. The molecule has 0 radical (unpaired) electrons. The van der Waals surface area contributed by atoms with Gasteiger partial charge in [-0.15, -0.1) is 0 Å². The number of aromatic nitrogens is 1. The van der Waals surface area contributed by atoms with Crippen LogP contribution in [0.4, 0.5) is 11.5 Å². The minimum Gasteiger partial charge on any atom is -0.399 e. The lowest BCUT2D eigenvalue weighted by Crippen LogP contribution is -2.18. The van der Waals surface area contributed by atoms with Crippen LogP contribution in [0.25, 0.3) is 0 Å². The lowest BCUT2D eigenvalue weighted by atomic mass is 10.1. The maximum absolute atomic E-state index is 5.82. The molecule has 0 fully saturated rings. The smallest absolute Gasteiger partial charge is 0.133 e. The molecule has 0 spiro atoms. The molecule has 84 valence electrons. The van der Waals surface area contributed by atoms with Crippen molar-refractivity contribution in [3.8, 4) is 0 Å². The molecule has 0 saturated carbocycles. The van der Waals surface area contributed by atoms with Crippen LogP contribution in [-0.4, -0.2) is 11.0 Å². The largest absolute Gasteiger partial charge is 0.399 e. The number of hydrogen-bond acceptors (Lipinski definition) is 3. The van der Waals surface area contributed by atoms with Gasteiger partial charge in [-0.3, -0.25) is 0 Å². The highest BCUT2D eigenvalue weighted by Crippen LogP contribution is 2.18. The van der Waals surface area contributed by atoms with Crippen molar-refractivity contribution in [1.29, 1.82) is 0 Å². The number of anilines is 2. The third-order valence-electron chi connectivity index (χ3n) is 2.30. The maximum Gasteiger partial charge on any atom is 0.133 e. The van der Waals surface area contributed by atoms with Gasteiger partial charge in [0.2, 0.25) is 0 Å². The van der Waals surface area contributed by atoms with Gasteiger partial charge in [0.15, 0.2) is 0 Å². The number of pyridine rings is 1. The van der Waals surface area contributed by atoms with E-state index in [4.69, 9.17) is 17.3 Å². The van der Waals surface area contributed by atoms with Crippen LogP contribution in [0.15, 0.2) is 12.1 Å². The molecule has 1 aromatic heterocycles. The van der Waals surface area contributed by atoms with E-state index in [2.05, 4.69) is 24.1 Å². The summed E-state index contributed by atoms with van der Waals surface area (Å²) in [5.74, 6) is 0.764. The van der Waals surface area contributed by atoms with E-state index in [0.717, 1.165) is 25.1 Å². The standard InChI is InChI=1S/C11H18ClN3/c1-3-5-9(4-2)14-11-7-8(13)6-10(12)15-11/h6-7,9H,3-5H2,1-2H3,(H3,13,14,15). The Balaban J connectivity index is 2.69. The number of halogens is 1. The van der Waals surface area contributed by atoms with E-state index in [1.807, 2.05) is 6.07 Å². The first-order valence-electron chi connectivity index (χ1n) is 5.35. The molecular formula is C11H18ClN3. The second-order valence-electron chi connectivity index (χ2n) is 3.65. The zero-order chi connectivity index (χ0) is 11.3. The lowest BCUT2D eigenvalue weighted by Gasteiger charge is -2.16. The number of nitrogens with zero attached hydrogens (tertiary/aromatic N) is 1. The molecule has 0 saturated heterocycles. The second-order valence-corrected chi connectivity index (χ2v) is 4.03. The summed E-state index contributed by atoms with van der Waals surface area (Å²) >= 11 is 5.82. The molecule has 1 unspecified atom stereocenters. The average molecular weight is 228 g/mol. The van der Waals surface area contributed by atoms with Crippen LogP contribution in [0.3, 0.4) is 0 Å². The molecule has 15 heavy (non-hydrogen) atoms. The Labute approximate surface area is 96.0 Å². The van der Waals surface area contributed by atoms with Crippen LogP contribution in [0.5, 0.6) is 0 Å². The molecule has 0 aromatic carbocycles. The number of nitrogens with two attached hydrogens (primary N) is 1. The highest BCUT2D eigenvalue weighted by Gasteiger charge is 2.06. The molecule has 0 amide bonds. The molecule has 1 aromatic rings. The summed E-state index contributed by atoms with van der Waals surface area (Å²) in [6.07, 6.45) is 3.36. The van der Waals surface area contributed by atoms with E-state index in [1.165, 1.54) is 0 Å². The van der Waals surface area contributed by atoms with E-state index in [0.29, 0.717) is 16.9 Å². The predicted octanol–water partition coefficient (Wildman–Crippen LogP) is 3.31. The van der Waals surface area contributed by atoms with Gasteiger partial charge in [-0.1, -0.05) is 31.9 Å². The van der Waals surface area contributed by atoms with E-state index in [1.54, 1.807) is 6.07 Å². The normalized spacial score (nSPS) is 12.5. The SMILES string of the molecule is CCCC(CC)Nc1cc(N)cc(Cl)n1. The van der Waals surface area contributed by atoms with Crippen molar-refractivity contribution in [2.45, 2.75) is 39.2 Å². The number of nitrogen functional groups attached to an aromatic ring is 1. The Morgan fingerprint density at radius 3 is 2.73 bits per heavy atom. The first kappa shape index (κ1) is 12.1. The van der Waals surface area contributed by atoms with Crippen LogP contribution >= 0.6 is 11.6 Å². The molecule has 0 bridgehead atoms. The summed E-state index contributed by atoms with van der Waals surface area (Å²) in [5.41, 5.74) is 6.33. The summed E-state index contributed by atoms with van der Waals surface area (Å²) < 4.78 is 0. The van der Waals surface area contributed by atoms with Crippen molar-refractivity contribution in [3.63, 3.8) is 0 Å². The zero-order valence-corrected chi connectivity index (χ0v) is 10.0. The van der Waals surface area contributed by atoms with Gasteiger partial charge >= 0.3 is 0 Å². The fourth-order valence-electron chi connectivity index (χ4n) is 1.53. The van der Waals surface area contributed by atoms with Crippen molar-refractivity contribution in [3.05, 3.63) is 17.3 Å². The summed E-state index contributed by atoms with van der Waals surface area (Å²) in [7, 11) is 0. The molecule has 1 atom stereocenters. The average Bonchev–Trinajstić information content (AvgIpc) is 2.15. The highest BCUT2D eigenvalue weighted by atomic mass is 35.5. The van der Waals surface area contributed by atoms with Gasteiger partial charge in [0.05, 0.1) is 0 Å². The van der Waals surface area contributed by atoms with Crippen molar-refractivity contribution < 1.29 is 0 Å². The quantitative estimate of drug-likeness (QED) is 0.759. The molecular weight excluding hydrogens is 210 g/mol. The molecule has 1 heterocycles. The minimum atomic E-state index is 0.434. The summed E-state index contributed by atoms with van der Waals surface area (Å²) in [6, 6.07) is 3.90. The van der Waals surface area contributed by atoms with Crippen LogP contribution in [-0.2, 0) is 0 Å². The number of nitrogens with one attached hydrogen (secondary N) is 1. The Morgan fingerprint density at radius 1 is 1.47 bits per heavy atom. The van der Waals surface area contributed by atoms with Gasteiger partial charge < -0.3 is 11.1 Å². The fourth-order valence-corrected chi connectivity index (χ4v) is 1.74. The molecule has 3 N–H and O–H groups in total. The third-order valence-corrected chi connectivity index (χ3v) is 2.49. The Bertz CT molecular complexity index is 294. The van der Waals surface area contributed by atoms with Gasteiger partial charge in [0.1, 0.15) is 11.0 Å². The first-order valence-corrected chi connectivity index (χ1v) is 5.73. The molecule has 0 aliphatic carbocycles. The highest BCUT2D eigenvalue weighted by molar-refractivity contribution is 6.29. The van der Waals surface area contributed by atoms with Crippen molar-refractivity contribution in [2.24, 2.45) is 0 Å². The van der Waals surface area contributed by atoms with E-state index < -0.39 is 0 Å². The van der Waals surface area contributed by atoms with Crippen molar-refractivity contribution in [2.75, 3.05) is 11.1 Å². The van der Waals surface area contributed by atoms with Gasteiger partial charge in [0, 0.05) is 17.8 Å². The molecule has 3 nitrogen and oxygen atoms in total. The first-order chi connectivity index (χ1) is 7.15. The zero-order valence-electron chi connectivity index (χ0n) is 9.26. The van der Waals surface area contributed by atoms with E-state index >= 15 is 0 Å². The summed E-state index contributed by atoms with van der Waals surface area (Å²) in [5, 5.41) is 3.77. The predicted molar refractivity (Wildman–Crippen MR) is 66.3 cm³/mol. The molecule has 0 aliphatic rings. The Hall–Kier alpha value is -0.960. The van der Waals surface area contributed by atoms with E-state index in [9.17, 15) is 0 Å². The maximum atomic E-state index is 5.82. The Morgan fingerprint density at radius 2 is 2.20 bits per heavy atom. The lowest BCUT2D eigenvalue weighted by molar-refractivity contribution is 0.620. The van der Waals surface area contributed by atoms with Crippen molar-refractivity contribution in [1.82, 2.24) is 4.98 Å². The third kappa shape index (κ3) is 3.96. The van der Waals surface area contributed by atoms with Gasteiger partial charge in [-0.25, -0.2) is 4.98 Å². The van der Waals surface area contributed by atoms with Crippen LogP contribution in [0.2, 0.25) is 5.15 Å². The van der Waals surface area contributed by atoms with Crippen LogP contribution in [0.1, 0.15) is 33.1 Å². The van der Waals surface area contributed by atoms with Gasteiger partial charge in [0.25, 0.3) is 0 Å². The van der Waals surface area contributed by atoms with Gasteiger partial charge in [-0.05, 0) is 18.9 Å². The van der Waals surface area contributed by atoms with Crippen molar-refractivity contribution >= 4 is 23.1 Å². The van der Waals surface area contributed by atoms with Gasteiger partial charge in [-0.2, -0.15) is 0 Å². The fraction of sp³-hybridized carbons (Fsp3) is 0.545. The van der Waals surface area contributed by atoms with Crippen LogP contribution < -0.4 is 11.1 Å². The minimum absolute atomic E-state index is 0.434. The Kier molecular flexibility index (Phi) is 4.69. The monoisotopic (exact) mass is 227 g/mol.